The molecule has 0 saturated carbocycles. The molecule has 0 aliphatic carbocycles. The van der Waals surface area contributed by atoms with Crippen LogP contribution >= 0.6 is 0 Å². The lowest BCUT2D eigenvalue weighted by Crippen LogP contribution is -2.52. The summed E-state index contributed by atoms with van der Waals surface area (Å²) in [5, 5.41) is 14.0. The molecule has 0 aromatic heterocycles. The normalized spacial score (nSPS) is 20.0. The molecule has 1 rings (SSSR count). The zero-order valence-corrected chi connectivity index (χ0v) is 12.7. The molecular formula is C15H32N2O. The highest BCUT2D eigenvalue weighted by atomic mass is 16.3. The van der Waals surface area contributed by atoms with E-state index in [0.717, 1.165) is 39.0 Å². The zero-order valence-electron chi connectivity index (χ0n) is 12.7. The van der Waals surface area contributed by atoms with Gasteiger partial charge in [0.25, 0.3) is 0 Å². The van der Waals surface area contributed by atoms with E-state index in [-0.39, 0.29) is 0 Å². The second kappa shape index (κ2) is 7.46. The van der Waals surface area contributed by atoms with Crippen molar-refractivity contribution in [3.8, 4) is 0 Å². The molecule has 1 saturated heterocycles. The van der Waals surface area contributed by atoms with Crippen molar-refractivity contribution in [2.24, 2.45) is 5.92 Å². The molecule has 2 N–H and O–H groups in total. The second-order valence-corrected chi connectivity index (χ2v) is 6.27. The van der Waals surface area contributed by atoms with Gasteiger partial charge >= 0.3 is 0 Å². The molecule has 108 valence electrons. The fraction of sp³-hybridized carbons (Fsp3) is 1.00. The Morgan fingerprint density at radius 2 is 1.72 bits per heavy atom. The van der Waals surface area contributed by atoms with Gasteiger partial charge in [-0.3, -0.25) is 4.90 Å². The van der Waals surface area contributed by atoms with Crippen LogP contribution in [0.4, 0.5) is 0 Å². The van der Waals surface area contributed by atoms with E-state index in [1.807, 2.05) is 0 Å². The molecule has 0 radical (unpaired) electrons. The van der Waals surface area contributed by atoms with Crippen molar-refractivity contribution in [3.63, 3.8) is 0 Å². The lowest BCUT2D eigenvalue weighted by Gasteiger charge is -2.41. The molecule has 3 heteroatoms. The van der Waals surface area contributed by atoms with Crippen LogP contribution in [0.3, 0.4) is 0 Å². The van der Waals surface area contributed by atoms with E-state index in [4.69, 9.17) is 0 Å². The fourth-order valence-electron chi connectivity index (χ4n) is 3.05. The molecule has 0 spiro atoms. The van der Waals surface area contributed by atoms with Crippen molar-refractivity contribution >= 4 is 0 Å². The molecule has 1 heterocycles. The van der Waals surface area contributed by atoms with Crippen molar-refractivity contribution in [3.05, 3.63) is 0 Å². The van der Waals surface area contributed by atoms with Crippen molar-refractivity contribution in [1.82, 2.24) is 10.2 Å². The Balaban J connectivity index is 2.63. The van der Waals surface area contributed by atoms with Gasteiger partial charge in [-0.1, -0.05) is 27.7 Å². The van der Waals surface area contributed by atoms with Gasteiger partial charge in [-0.2, -0.15) is 0 Å². The Hall–Kier alpha value is -0.120. The summed E-state index contributed by atoms with van der Waals surface area (Å²) in [4.78, 5) is 2.52. The van der Waals surface area contributed by atoms with Crippen molar-refractivity contribution in [1.29, 1.82) is 0 Å². The van der Waals surface area contributed by atoms with Gasteiger partial charge in [0, 0.05) is 19.1 Å². The zero-order chi connectivity index (χ0) is 13.6. The monoisotopic (exact) mass is 256 g/mol. The molecule has 0 unspecified atom stereocenters. The summed E-state index contributed by atoms with van der Waals surface area (Å²) in [6.45, 7) is 12.9. The van der Waals surface area contributed by atoms with Crippen molar-refractivity contribution in [2.45, 2.75) is 65.0 Å². The molecule has 0 amide bonds. The maximum atomic E-state index is 10.7. The maximum Gasteiger partial charge on any atom is 0.0798 e. The highest BCUT2D eigenvalue weighted by Crippen LogP contribution is 2.23. The Kier molecular flexibility index (Phi) is 6.61. The number of hydrogen-bond acceptors (Lipinski definition) is 3. The van der Waals surface area contributed by atoms with Crippen LogP contribution in [-0.2, 0) is 0 Å². The molecule has 1 fully saturated rings. The van der Waals surface area contributed by atoms with Gasteiger partial charge in [0.05, 0.1) is 5.60 Å². The van der Waals surface area contributed by atoms with Gasteiger partial charge in [-0.15, -0.1) is 0 Å². The Morgan fingerprint density at radius 1 is 1.17 bits per heavy atom. The number of nitrogens with one attached hydrogen (secondary N) is 1. The standard InChI is InChI=1S/C15H32N2O/c1-5-14(6-2)17(11-13(3)4)12-15(18)7-9-16-10-8-15/h13-14,16,18H,5-12H2,1-4H3. The van der Waals surface area contributed by atoms with Gasteiger partial charge < -0.3 is 10.4 Å². The Labute approximate surface area is 113 Å². The van der Waals surface area contributed by atoms with E-state index in [1.54, 1.807) is 0 Å². The van der Waals surface area contributed by atoms with E-state index in [1.165, 1.54) is 12.8 Å². The number of rotatable bonds is 7. The van der Waals surface area contributed by atoms with E-state index < -0.39 is 5.60 Å². The molecule has 0 bridgehead atoms. The first-order valence-corrected chi connectivity index (χ1v) is 7.68. The minimum Gasteiger partial charge on any atom is -0.388 e. The van der Waals surface area contributed by atoms with Crippen LogP contribution in [0.15, 0.2) is 0 Å². The van der Waals surface area contributed by atoms with Gasteiger partial charge in [0.1, 0.15) is 0 Å². The molecule has 0 aromatic carbocycles. The summed E-state index contributed by atoms with van der Waals surface area (Å²) in [6.07, 6.45) is 4.14. The molecule has 18 heavy (non-hydrogen) atoms. The van der Waals surface area contributed by atoms with E-state index >= 15 is 0 Å². The average molecular weight is 256 g/mol. The molecular weight excluding hydrogens is 224 g/mol. The maximum absolute atomic E-state index is 10.7. The van der Waals surface area contributed by atoms with Gasteiger partial charge in [0.2, 0.25) is 0 Å². The predicted octanol–water partition coefficient (Wildman–Crippen LogP) is 2.25. The van der Waals surface area contributed by atoms with E-state index in [9.17, 15) is 5.11 Å². The summed E-state index contributed by atoms with van der Waals surface area (Å²) in [5.41, 5.74) is -0.470. The van der Waals surface area contributed by atoms with Gasteiger partial charge in [0.15, 0.2) is 0 Å². The number of hydrogen-bond donors (Lipinski definition) is 2. The van der Waals surface area contributed by atoms with Crippen LogP contribution in [0, 0.1) is 5.92 Å². The first kappa shape index (κ1) is 15.9. The third-order valence-corrected chi connectivity index (χ3v) is 4.09. The summed E-state index contributed by atoms with van der Waals surface area (Å²) >= 11 is 0. The number of nitrogens with zero attached hydrogens (tertiary/aromatic N) is 1. The summed E-state index contributed by atoms with van der Waals surface area (Å²) in [7, 11) is 0. The molecule has 0 atom stereocenters. The molecule has 1 aliphatic heterocycles. The minimum atomic E-state index is -0.470. The van der Waals surface area contributed by atoms with Crippen LogP contribution < -0.4 is 5.32 Å². The highest BCUT2D eigenvalue weighted by molar-refractivity contribution is 4.89. The van der Waals surface area contributed by atoms with Gasteiger partial charge in [-0.25, -0.2) is 0 Å². The highest BCUT2D eigenvalue weighted by Gasteiger charge is 2.33. The molecule has 0 aromatic rings. The topological polar surface area (TPSA) is 35.5 Å². The molecule has 3 nitrogen and oxygen atoms in total. The Morgan fingerprint density at radius 3 is 2.17 bits per heavy atom. The average Bonchev–Trinajstić information content (AvgIpc) is 2.30. The fourth-order valence-corrected chi connectivity index (χ4v) is 3.05. The van der Waals surface area contributed by atoms with Crippen LogP contribution in [0.25, 0.3) is 0 Å². The van der Waals surface area contributed by atoms with Gasteiger partial charge in [-0.05, 0) is 44.7 Å². The van der Waals surface area contributed by atoms with Crippen LogP contribution in [0.2, 0.25) is 0 Å². The van der Waals surface area contributed by atoms with E-state index in [2.05, 4.69) is 37.9 Å². The second-order valence-electron chi connectivity index (χ2n) is 6.27. The summed E-state index contributed by atoms with van der Waals surface area (Å²) in [5.74, 6) is 0.663. The first-order valence-electron chi connectivity index (χ1n) is 7.68. The summed E-state index contributed by atoms with van der Waals surface area (Å²) in [6, 6.07) is 0.617. The largest absolute Gasteiger partial charge is 0.388 e. The SMILES string of the molecule is CCC(CC)N(CC(C)C)CC1(O)CCNCC1. The number of piperidine rings is 1. The lowest BCUT2D eigenvalue weighted by atomic mass is 9.90. The Bertz CT molecular complexity index is 221. The molecule has 1 aliphatic rings. The quantitative estimate of drug-likeness (QED) is 0.733. The van der Waals surface area contributed by atoms with E-state index in [0.29, 0.717) is 12.0 Å². The third kappa shape index (κ3) is 4.87. The van der Waals surface area contributed by atoms with Crippen LogP contribution in [0.5, 0.6) is 0 Å². The third-order valence-electron chi connectivity index (χ3n) is 4.09. The minimum absolute atomic E-state index is 0.470. The number of aliphatic hydroxyl groups is 1. The van der Waals surface area contributed by atoms with Crippen molar-refractivity contribution < 1.29 is 5.11 Å². The van der Waals surface area contributed by atoms with Crippen LogP contribution in [0.1, 0.15) is 53.4 Å². The lowest BCUT2D eigenvalue weighted by molar-refractivity contribution is -0.0346. The smallest absolute Gasteiger partial charge is 0.0798 e. The predicted molar refractivity (Wildman–Crippen MR) is 77.8 cm³/mol. The first-order chi connectivity index (χ1) is 8.50. The van der Waals surface area contributed by atoms with Crippen molar-refractivity contribution in [2.75, 3.05) is 26.2 Å². The summed E-state index contributed by atoms with van der Waals surface area (Å²) < 4.78 is 0. The van der Waals surface area contributed by atoms with Crippen LogP contribution in [-0.4, -0.2) is 47.8 Å².